The first-order valence-electron chi connectivity index (χ1n) is 7.06. The van der Waals surface area contributed by atoms with Crippen LogP contribution in [-0.2, 0) is 0 Å². The lowest BCUT2D eigenvalue weighted by atomic mass is 10.1. The van der Waals surface area contributed by atoms with E-state index in [0.717, 1.165) is 51.4 Å². The van der Waals surface area contributed by atoms with E-state index in [2.05, 4.69) is 34.9 Å². The molecule has 19 heavy (non-hydrogen) atoms. The summed E-state index contributed by atoms with van der Waals surface area (Å²) in [5, 5.41) is 0. The smallest absolute Gasteiger partial charge is 0.142 e. The van der Waals surface area contributed by atoms with Crippen molar-refractivity contribution in [1.29, 1.82) is 0 Å². The van der Waals surface area contributed by atoms with E-state index in [1.807, 2.05) is 0 Å². The van der Waals surface area contributed by atoms with E-state index in [9.17, 15) is 0 Å². The molecule has 0 aromatic heterocycles. The Bertz CT molecular complexity index is 400. The van der Waals surface area contributed by atoms with Gasteiger partial charge >= 0.3 is 0 Å². The maximum absolute atomic E-state index is 5.56. The fraction of sp³-hybridized carbons (Fsp3) is 0.600. The average molecular weight is 263 g/mol. The highest BCUT2D eigenvalue weighted by Crippen LogP contribution is 2.29. The number of ether oxygens (including phenoxy) is 1. The Balaban J connectivity index is 1.99. The number of piperazine rings is 1. The van der Waals surface area contributed by atoms with Gasteiger partial charge in [0.25, 0.3) is 0 Å². The summed E-state index contributed by atoms with van der Waals surface area (Å²) >= 11 is 0. The molecule has 0 bridgehead atoms. The molecule has 4 nitrogen and oxygen atoms in total. The molecule has 2 N–H and O–H groups in total. The van der Waals surface area contributed by atoms with E-state index in [-0.39, 0.29) is 0 Å². The molecule has 1 heterocycles. The van der Waals surface area contributed by atoms with E-state index in [0.29, 0.717) is 0 Å². The van der Waals surface area contributed by atoms with Gasteiger partial charge in [0.2, 0.25) is 0 Å². The topological polar surface area (TPSA) is 41.7 Å². The second-order valence-corrected chi connectivity index (χ2v) is 5.15. The number of methoxy groups -OCH3 is 1. The number of hydrogen-bond donors (Lipinski definition) is 1. The van der Waals surface area contributed by atoms with Crippen LogP contribution in [0.2, 0.25) is 0 Å². The van der Waals surface area contributed by atoms with Crippen molar-refractivity contribution in [2.24, 2.45) is 5.73 Å². The third kappa shape index (κ3) is 3.61. The zero-order valence-electron chi connectivity index (χ0n) is 12.1. The number of nitrogens with two attached hydrogens (primary N) is 1. The molecule has 4 heteroatoms. The van der Waals surface area contributed by atoms with Crippen molar-refractivity contribution in [2.75, 3.05) is 51.3 Å². The van der Waals surface area contributed by atoms with Gasteiger partial charge in [-0.2, -0.15) is 0 Å². The Hall–Kier alpha value is -1.26. The molecule has 1 aromatic carbocycles. The minimum absolute atomic E-state index is 0.784. The van der Waals surface area contributed by atoms with Crippen LogP contribution in [-0.4, -0.2) is 51.3 Å². The molecule has 0 aliphatic carbocycles. The number of benzene rings is 1. The molecular weight excluding hydrogens is 238 g/mol. The Morgan fingerprint density at radius 1 is 1.21 bits per heavy atom. The number of hydrogen-bond acceptors (Lipinski definition) is 4. The van der Waals surface area contributed by atoms with Gasteiger partial charge in [0.15, 0.2) is 0 Å². The summed E-state index contributed by atoms with van der Waals surface area (Å²) in [7, 11) is 1.74. The van der Waals surface area contributed by atoms with Crippen LogP contribution < -0.4 is 15.4 Å². The highest BCUT2D eigenvalue weighted by Gasteiger charge is 2.19. The molecule has 0 amide bonds. The van der Waals surface area contributed by atoms with E-state index < -0.39 is 0 Å². The van der Waals surface area contributed by atoms with Crippen molar-refractivity contribution in [3.05, 3.63) is 23.8 Å². The number of rotatable bonds is 5. The lowest BCUT2D eigenvalue weighted by molar-refractivity contribution is 0.255. The van der Waals surface area contributed by atoms with Crippen LogP contribution in [0, 0.1) is 6.92 Å². The van der Waals surface area contributed by atoms with Crippen molar-refractivity contribution >= 4 is 5.69 Å². The molecule has 0 saturated carbocycles. The summed E-state index contributed by atoms with van der Waals surface area (Å²) in [5.41, 5.74) is 8.07. The summed E-state index contributed by atoms with van der Waals surface area (Å²) in [5.74, 6) is 0.973. The second-order valence-electron chi connectivity index (χ2n) is 5.15. The highest BCUT2D eigenvalue weighted by atomic mass is 16.5. The van der Waals surface area contributed by atoms with Gasteiger partial charge in [-0.15, -0.1) is 0 Å². The molecule has 1 saturated heterocycles. The first-order chi connectivity index (χ1) is 9.24. The summed E-state index contributed by atoms with van der Waals surface area (Å²) in [6.07, 6.45) is 1.09. The van der Waals surface area contributed by atoms with E-state index >= 15 is 0 Å². The van der Waals surface area contributed by atoms with Crippen LogP contribution in [0.1, 0.15) is 12.0 Å². The number of anilines is 1. The third-order valence-electron chi connectivity index (χ3n) is 3.73. The molecule has 106 valence electrons. The van der Waals surface area contributed by atoms with Gasteiger partial charge < -0.3 is 15.4 Å². The van der Waals surface area contributed by atoms with Crippen LogP contribution in [0.3, 0.4) is 0 Å². The third-order valence-corrected chi connectivity index (χ3v) is 3.73. The summed E-state index contributed by atoms with van der Waals surface area (Å²) < 4.78 is 5.47. The van der Waals surface area contributed by atoms with Crippen molar-refractivity contribution in [3.63, 3.8) is 0 Å². The maximum Gasteiger partial charge on any atom is 0.142 e. The normalized spacial score (nSPS) is 16.7. The van der Waals surface area contributed by atoms with Crippen LogP contribution >= 0.6 is 0 Å². The lowest BCUT2D eigenvalue weighted by Crippen LogP contribution is -2.47. The van der Waals surface area contributed by atoms with E-state index in [4.69, 9.17) is 10.5 Å². The maximum atomic E-state index is 5.56. The largest absolute Gasteiger partial charge is 0.495 e. The van der Waals surface area contributed by atoms with Crippen molar-refractivity contribution in [1.82, 2.24) is 4.90 Å². The summed E-state index contributed by atoms with van der Waals surface area (Å²) in [6.45, 7) is 8.37. The molecule has 1 fully saturated rings. The molecule has 1 aromatic rings. The minimum atomic E-state index is 0.784. The Morgan fingerprint density at radius 3 is 2.58 bits per heavy atom. The Labute approximate surface area is 116 Å². The molecule has 0 atom stereocenters. The molecule has 2 rings (SSSR count). The summed E-state index contributed by atoms with van der Waals surface area (Å²) in [6, 6.07) is 6.37. The molecule has 0 radical (unpaired) electrons. The predicted octanol–water partition coefficient (Wildman–Crippen LogP) is 1.47. The van der Waals surface area contributed by atoms with Gasteiger partial charge in [0.05, 0.1) is 12.8 Å². The monoisotopic (exact) mass is 263 g/mol. The van der Waals surface area contributed by atoms with Gasteiger partial charge in [0, 0.05) is 26.2 Å². The lowest BCUT2D eigenvalue weighted by Gasteiger charge is -2.36. The molecule has 1 aliphatic heterocycles. The Morgan fingerprint density at radius 2 is 1.95 bits per heavy atom. The first kappa shape index (κ1) is 14.2. The van der Waals surface area contributed by atoms with Gasteiger partial charge in [-0.3, -0.25) is 4.90 Å². The van der Waals surface area contributed by atoms with Crippen molar-refractivity contribution in [2.45, 2.75) is 13.3 Å². The number of nitrogens with zero attached hydrogens (tertiary/aromatic N) is 2. The van der Waals surface area contributed by atoms with Gasteiger partial charge in [-0.25, -0.2) is 0 Å². The van der Waals surface area contributed by atoms with Gasteiger partial charge in [0.1, 0.15) is 5.75 Å². The van der Waals surface area contributed by atoms with Crippen LogP contribution in [0.25, 0.3) is 0 Å². The quantitative estimate of drug-likeness (QED) is 0.873. The fourth-order valence-corrected chi connectivity index (χ4v) is 2.57. The zero-order chi connectivity index (χ0) is 13.7. The zero-order valence-corrected chi connectivity index (χ0v) is 12.1. The van der Waals surface area contributed by atoms with Crippen molar-refractivity contribution in [3.8, 4) is 5.75 Å². The molecule has 1 aliphatic rings. The molecular formula is C15H25N3O. The SMILES string of the molecule is COc1ccc(C)cc1N1CCN(CCCN)CC1. The van der Waals surface area contributed by atoms with Gasteiger partial charge in [-0.05, 0) is 44.1 Å². The average Bonchev–Trinajstić information content (AvgIpc) is 2.45. The van der Waals surface area contributed by atoms with Gasteiger partial charge in [-0.1, -0.05) is 6.07 Å². The highest BCUT2D eigenvalue weighted by molar-refractivity contribution is 5.60. The fourth-order valence-electron chi connectivity index (χ4n) is 2.57. The summed E-state index contributed by atoms with van der Waals surface area (Å²) in [4.78, 5) is 4.91. The van der Waals surface area contributed by atoms with Crippen LogP contribution in [0.4, 0.5) is 5.69 Å². The molecule has 0 spiro atoms. The standard InChI is InChI=1S/C15H25N3O/c1-13-4-5-15(19-2)14(12-13)18-10-8-17(9-11-18)7-3-6-16/h4-5,12H,3,6-11,16H2,1-2H3. The van der Waals surface area contributed by atoms with Crippen LogP contribution in [0.15, 0.2) is 18.2 Å². The number of aryl methyl sites for hydroxylation is 1. The minimum Gasteiger partial charge on any atom is -0.495 e. The predicted molar refractivity (Wildman–Crippen MR) is 80.1 cm³/mol. The second kappa shape index (κ2) is 6.78. The van der Waals surface area contributed by atoms with E-state index in [1.54, 1.807) is 7.11 Å². The first-order valence-corrected chi connectivity index (χ1v) is 7.06. The van der Waals surface area contributed by atoms with Crippen LogP contribution in [0.5, 0.6) is 5.75 Å². The Kier molecular flexibility index (Phi) is 5.05. The van der Waals surface area contributed by atoms with E-state index in [1.165, 1.54) is 11.3 Å². The van der Waals surface area contributed by atoms with Crippen molar-refractivity contribution < 1.29 is 4.74 Å². The molecule has 0 unspecified atom stereocenters.